The lowest BCUT2D eigenvalue weighted by Gasteiger charge is -2.36. The fourth-order valence-corrected chi connectivity index (χ4v) is 4.84. The van der Waals surface area contributed by atoms with E-state index in [0.717, 1.165) is 41.9 Å². The minimum absolute atomic E-state index is 0.0297. The largest absolute Gasteiger partial charge is 0.353 e. The maximum atomic E-state index is 12.7. The second-order valence-corrected chi connectivity index (χ2v) is 8.99. The Morgan fingerprint density at radius 3 is 2.33 bits per heavy atom. The van der Waals surface area contributed by atoms with Crippen molar-refractivity contribution in [2.24, 2.45) is 7.05 Å². The number of aromatic nitrogens is 1. The highest BCUT2D eigenvalue weighted by Crippen LogP contribution is 2.28. The van der Waals surface area contributed by atoms with Crippen LogP contribution in [0.3, 0.4) is 0 Å². The topological polar surface area (TPSA) is 66.4 Å². The second kappa shape index (κ2) is 9.63. The van der Waals surface area contributed by atoms with Gasteiger partial charge in [0.05, 0.1) is 6.04 Å². The van der Waals surface area contributed by atoms with Crippen LogP contribution in [0, 0.1) is 20.8 Å². The molecule has 1 atom stereocenters. The van der Waals surface area contributed by atoms with E-state index in [-0.39, 0.29) is 6.04 Å². The minimum Gasteiger partial charge on any atom is -0.353 e. The summed E-state index contributed by atoms with van der Waals surface area (Å²) < 4.78 is 2.08. The molecule has 33 heavy (non-hydrogen) atoms. The lowest BCUT2D eigenvalue weighted by atomic mass is 9.98. The molecule has 172 valence electrons. The van der Waals surface area contributed by atoms with Crippen molar-refractivity contribution < 1.29 is 9.59 Å². The van der Waals surface area contributed by atoms with Gasteiger partial charge in [0, 0.05) is 44.3 Å². The first-order chi connectivity index (χ1) is 15.8. The molecule has 1 aliphatic heterocycles. The summed E-state index contributed by atoms with van der Waals surface area (Å²) in [4.78, 5) is 27.8. The monoisotopic (exact) mass is 444 g/mol. The predicted molar refractivity (Wildman–Crippen MR) is 131 cm³/mol. The predicted octanol–water partition coefficient (Wildman–Crippen LogP) is 3.80. The third-order valence-electron chi connectivity index (χ3n) is 6.50. The average molecular weight is 445 g/mol. The van der Waals surface area contributed by atoms with Gasteiger partial charge in [-0.3, -0.25) is 14.5 Å². The van der Waals surface area contributed by atoms with Crippen LogP contribution in [0.5, 0.6) is 0 Å². The van der Waals surface area contributed by atoms with Gasteiger partial charge in [0.25, 0.3) is 0 Å². The van der Waals surface area contributed by atoms with Gasteiger partial charge in [-0.25, -0.2) is 0 Å². The van der Waals surface area contributed by atoms with Crippen LogP contribution in [0.4, 0.5) is 5.69 Å². The summed E-state index contributed by atoms with van der Waals surface area (Å²) in [6, 6.07) is 16.6. The first-order valence-electron chi connectivity index (χ1n) is 11.4. The van der Waals surface area contributed by atoms with Gasteiger partial charge < -0.3 is 15.2 Å². The molecule has 2 heterocycles. The van der Waals surface area contributed by atoms with Gasteiger partial charge in [0.15, 0.2) is 0 Å². The van der Waals surface area contributed by atoms with Crippen LogP contribution in [-0.2, 0) is 29.6 Å². The van der Waals surface area contributed by atoms with Crippen LogP contribution in [0.25, 0.3) is 0 Å². The summed E-state index contributed by atoms with van der Waals surface area (Å²) in [6.07, 6.45) is 2.98. The van der Waals surface area contributed by atoms with E-state index in [0.29, 0.717) is 12.2 Å². The van der Waals surface area contributed by atoms with E-state index in [1.54, 1.807) is 0 Å². The summed E-state index contributed by atoms with van der Waals surface area (Å²) in [5.74, 6) is -1.26. The molecule has 1 unspecified atom stereocenters. The molecule has 0 aliphatic carbocycles. The Morgan fingerprint density at radius 1 is 0.970 bits per heavy atom. The summed E-state index contributed by atoms with van der Waals surface area (Å²) in [5, 5.41) is 5.68. The SMILES string of the molecule is Cc1cc(C)c(NC(=O)C(=O)NCC(c2cccn2C)N2CCc3ccccc3C2)c(C)c1. The molecule has 3 aromatic rings. The molecule has 2 aromatic carbocycles. The molecule has 0 bridgehead atoms. The van der Waals surface area contributed by atoms with Gasteiger partial charge in [0.2, 0.25) is 0 Å². The molecule has 4 rings (SSSR count). The van der Waals surface area contributed by atoms with Crippen molar-refractivity contribution in [1.82, 2.24) is 14.8 Å². The fraction of sp³-hybridized carbons (Fsp3) is 0.333. The Morgan fingerprint density at radius 2 is 1.67 bits per heavy atom. The lowest BCUT2D eigenvalue weighted by molar-refractivity contribution is -0.136. The molecular weight excluding hydrogens is 412 g/mol. The highest BCUT2D eigenvalue weighted by molar-refractivity contribution is 6.39. The standard InChI is InChI=1S/C27H32N4O2/c1-18-14-19(2)25(20(3)15-18)29-27(33)26(32)28-16-24(23-10-7-12-30(23)4)31-13-11-21-8-5-6-9-22(21)17-31/h5-10,12,14-15,24H,11,13,16-17H2,1-4H3,(H,28,32)(H,29,33). The van der Waals surface area contributed by atoms with Gasteiger partial charge in [-0.15, -0.1) is 0 Å². The number of rotatable bonds is 5. The number of hydrogen-bond donors (Lipinski definition) is 2. The number of amides is 2. The number of nitrogens with zero attached hydrogens (tertiary/aromatic N) is 2. The summed E-state index contributed by atoms with van der Waals surface area (Å²) in [7, 11) is 2.01. The van der Waals surface area contributed by atoms with Crippen molar-refractivity contribution in [3.05, 3.63) is 88.2 Å². The number of aryl methyl sites for hydroxylation is 4. The van der Waals surface area contributed by atoms with Crippen molar-refractivity contribution >= 4 is 17.5 Å². The number of hydrogen-bond acceptors (Lipinski definition) is 3. The maximum absolute atomic E-state index is 12.7. The fourth-order valence-electron chi connectivity index (χ4n) is 4.84. The molecule has 1 aromatic heterocycles. The van der Waals surface area contributed by atoms with Gasteiger partial charge in [-0.1, -0.05) is 42.0 Å². The normalized spacial score (nSPS) is 14.4. The molecule has 0 spiro atoms. The van der Waals surface area contributed by atoms with Crippen LogP contribution in [0.1, 0.15) is 39.6 Å². The number of anilines is 1. The molecule has 0 fully saturated rings. The lowest BCUT2D eigenvalue weighted by Crippen LogP contribution is -2.44. The smallest absolute Gasteiger partial charge is 0.313 e. The number of fused-ring (bicyclic) bond motifs is 1. The molecule has 2 amide bonds. The Hall–Kier alpha value is -3.38. The van der Waals surface area contributed by atoms with Crippen molar-refractivity contribution in [2.75, 3.05) is 18.4 Å². The van der Waals surface area contributed by atoms with E-state index in [4.69, 9.17) is 0 Å². The highest BCUT2D eigenvalue weighted by Gasteiger charge is 2.27. The second-order valence-electron chi connectivity index (χ2n) is 8.99. The van der Waals surface area contributed by atoms with Crippen molar-refractivity contribution in [3.63, 3.8) is 0 Å². The Labute approximate surface area is 195 Å². The van der Waals surface area contributed by atoms with Crippen molar-refractivity contribution in [3.8, 4) is 0 Å². The maximum Gasteiger partial charge on any atom is 0.313 e. The van der Waals surface area contributed by atoms with E-state index in [9.17, 15) is 9.59 Å². The quantitative estimate of drug-likeness (QED) is 0.588. The Balaban J connectivity index is 1.47. The third-order valence-corrected chi connectivity index (χ3v) is 6.50. The molecule has 6 nitrogen and oxygen atoms in total. The first-order valence-corrected chi connectivity index (χ1v) is 11.4. The number of nitrogens with one attached hydrogen (secondary N) is 2. The van der Waals surface area contributed by atoms with Crippen LogP contribution < -0.4 is 10.6 Å². The zero-order valence-electron chi connectivity index (χ0n) is 19.8. The number of benzene rings is 2. The van der Waals surface area contributed by atoms with E-state index < -0.39 is 11.8 Å². The first kappa shape index (κ1) is 22.8. The highest BCUT2D eigenvalue weighted by atomic mass is 16.2. The van der Waals surface area contributed by atoms with E-state index >= 15 is 0 Å². The Kier molecular flexibility index (Phi) is 6.65. The van der Waals surface area contributed by atoms with Crippen molar-refractivity contribution in [1.29, 1.82) is 0 Å². The summed E-state index contributed by atoms with van der Waals surface area (Å²) >= 11 is 0. The molecule has 0 radical (unpaired) electrons. The number of carbonyl (C=O) groups is 2. The third kappa shape index (κ3) is 5.01. The van der Waals surface area contributed by atoms with Gasteiger partial charge in [-0.05, 0) is 61.6 Å². The summed E-state index contributed by atoms with van der Waals surface area (Å²) in [5.41, 5.74) is 7.53. The molecule has 1 aliphatic rings. The van der Waals surface area contributed by atoms with Crippen molar-refractivity contribution in [2.45, 2.75) is 39.8 Å². The summed E-state index contributed by atoms with van der Waals surface area (Å²) in [6.45, 7) is 7.96. The van der Waals surface area contributed by atoms with Gasteiger partial charge in [0.1, 0.15) is 0 Å². The van der Waals surface area contributed by atoms with E-state index in [1.165, 1.54) is 11.1 Å². The van der Waals surface area contributed by atoms with E-state index in [2.05, 4.69) is 50.4 Å². The molecule has 0 saturated carbocycles. The molecular formula is C27H32N4O2. The van der Waals surface area contributed by atoms with Gasteiger partial charge in [-0.2, -0.15) is 0 Å². The van der Waals surface area contributed by atoms with Crippen LogP contribution in [-0.4, -0.2) is 34.4 Å². The number of carbonyl (C=O) groups excluding carboxylic acids is 2. The molecule has 6 heteroatoms. The average Bonchev–Trinajstić information content (AvgIpc) is 3.21. The van der Waals surface area contributed by atoms with Gasteiger partial charge >= 0.3 is 11.8 Å². The molecule has 2 N–H and O–H groups in total. The minimum atomic E-state index is -0.639. The Bertz CT molecular complexity index is 1160. The van der Waals surface area contributed by atoms with Crippen LogP contribution in [0.15, 0.2) is 54.7 Å². The van der Waals surface area contributed by atoms with Crippen LogP contribution >= 0.6 is 0 Å². The van der Waals surface area contributed by atoms with E-state index in [1.807, 2.05) is 52.2 Å². The zero-order valence-corrected chi connectivity index (χ0v) is 19.8. The molecule has 0 saturated heterocycles. The zero-order chi connectivity index (χ0) is 23.5. The van der Waals surface area contributed by atoms with Crippen LogP contribution in [0.2, 0.25) is 0 Å².